The molecule has 4 aromatic rings. The molecule has 6 nitrogen and oxygen atoms in total. The average molecular weight is 511 g/mol. The first-order valence-electron chi connectivity index (χ1n) is 12.2. The topological polar surface area (TPSA) is 66.4 Å². The van der Waals surface area contributed by atoms with Gasteiger partial charge in [-0.05, 0) is 70.8 Å². The van der Waals surface area contributed by atoms with Crippen LogP contribution >= 0.6 is 0 Å². The van der Waals surface area contributed by atoms with Crippen LogP contribution in [0.15, 0.2) is 78.9 Å². The van der Waals surface area contributed by atoms with Gasteiger partial charge >= 0.3 is 0 Å². The van der Waals surface area contributed by atoms with Gasteiger partial charge in [0, 0.05) is 17.7 Å². The molecule has 0 radical (unpaired) electrons. The molecule has 0 amide bonds. The van der Waals surface area contributed by atoms with Gasteiger partial charge in [0.2, 0.25) is 0 Å². The van der Waals surface area contributed by atoms with E-state index in [0.29, 0.717) is 11.5 Å². The quantitative estimate of drug-likeness (QED) is 0.261. The lowest BCUT2D eigenvalue weighted by Gasteiger charge is -2.21. The van der Waals surface area contributed by atoms with Gasteiger partial charge in [0.15, 0.2) is 0 Å². The maximum absolute atomic E-state index is 9.85. The van der Waals surface area contributed by atoms with Crippen LogP contribution < -0.4 is 23.7 Å². The molecule has 194 valence electrons. The van der Waals surface area contributed by atoms with Gasteiger partial charge in [-0.2, -0.15) is 0 Å². The molecule has 1 unspecified atom stereocenters. The Morgan fingerprint density at radius 3 is 1.74 bits per heavy atom. The molecule has 5 rings (SSSR count). The average Bonchev–Trinajstić information content (AvgIpc) is 3.34. The zero-order chi connectivity index (χ0) is 26.6. The van der Waals surface area contributed by atoms with Gasteiger partial charge < -0.3 is 28.8 Å². The summed E-state index contributed by atoms with van der Waals surface area (Å²) in [6.45, 7) is 0. The van der Waals surface area contributed by atoms with Crippen molar-refractivity contribution in [3.8, 4) is 34.5 Å². The molecule has 0 bridgehead atoms. The van der Waals surface area contributed by atoms with E-state index in [9.17, 15) is 5.11 Å². The third kappa shape index (κ3) is 5.11. The highest BCUT2D eigenvalue weighted by Crippen LogP contribution is 2.51. The molecular formula is C32H30O6. The van der Waals surface area contributed by atoms with E-state index >= 15 is 0 Å². The van der Waals surface area contributed by atoms with E-state index in [2.05, 4.69) is 12.1 Å². The number of aromatic hydroxyl groups is 1. The molecule has 1 aliphatic rings. The lowest BCUT2D eigenvalue weighted by Crippen LogP contribution is -2.11. The second kappa shape index (κ2) is 10.8. The van der Waals surface area contributed by atoms with Crippen molar-refractivity contribution < 1.29 is 28.8 Å². The summed E-state index contributed by atoms with van der Waals surface area (Å²) in [6, 6.07) is 25.0. The predicted octanol–water partition coefficient (Wildman–Crippen LogP) is 6.86. The van der Waals surface area contributed by atoms with E-state index in [1.165, 1.54) is 0 Å². The Hall–Kier alpha value is -4.58. The fourth-order valence-electron chi connectivity index (χ4n) is 4.79. The van der Waals surface area contributed by atoms with E-state index < -0.39 is 0 Å². The van der Waals surface area contributed by atoms with Crippen LogP contribution in [0.2, 0.25) is 0 Å². The van der Waals surface area contributed by atoms with Crippen LogP contribution in [0.25, 0.3) is 12.2 Å². The Kier molecular flexibility index (Phi) is 7.13. The maximum atomic E-state index is 9.85. The Bertz CT molecular complexity index is 1410. The fourth-order valence-corrected chi connectivity index (χ4v) is 4.79. The molecule has 0 fully saturated rings. The summed E-state index contributed by atoms with van der Waals surface area (Å²) >= 11 is 0. The van der Waals surface area contributed by atoms with E-state index in [4.69, 9.17) is 23.7 Å². The highest BCUT2D eigenvalue weighted by Gasteiger charge is 2.37. The summed E-state index contributed by atoms with van der Waals surface area (Å²) in [4.78, 5) is 0. The van der Waals surface area contributed by atoms with Crippen LogP contribution in [0.1, 0.15) is 39.8 Å². The number of rotatable bonds is 8. The molecule has 0 spiro atoms. The number of hydrogen-bond acceptors (Lipinski definition) is 6. The number of benzene rings is 4. The highest BCUT2D eigenvalue weighted by atomic mass is 16.5. The molecule has 1 aliphatic heterocycles. The number of phenols is 1. The Balaban J connectivity index is 1.57. The van der Waals surface area contributed by atoms with E-state index in [0.717, 1.165) is 45.1 Å². The normalized spacial score (nSPS) is 16.1. The van der Waals surface area contributed by atoms with Crippen molar-refractivity contribution in [3.05, 3.63) is 107 Å². The van der Waals surface area contributed by atoms with Crippen molar-refractivity contribution in [2.45, 2.75) is 12.0 Å². The first-order chi connectivity index (χ1) is 18.5. The molecule has 0 saturated carbocycles. The number of ether oxygens (including phenoxy) is 5. The van der Waals surface area contributed by atoms with Gasteiger partial charge in [-0.3, -0.25) is 0 Å². The lowest BCUT2D eigenvalue weighted by atomic mass is 9.84. The van der Waals surface area contributed by atoms with Crippen molar-refractivity contribution in [1.82, 2.24) is 0 Å². The molecular weight excluding hydrogens is 480 g/mol. The van der Waals surface area contributed by atoms with Gasteiger partial charge in [-0.15, -0.1) is 0 Å². The van der Waals surface area contributed by atoms with E-state index in [1.807, 2.05) is 66.7 Å². The minimum Gasteiger partial charge on any atom is -0.508 e. The van der Waals surface area contributed by atoms with E-state index in [1.54, 1.807) is 40.6 Å². The number of phenolic OH excluding ortho intramolecular Hbond substituents is 1. The van der Waals surface area contributed by atoms with Gasteiger partial charge in [0.05, 0.1) is 34.4 Å². The molecule has 1 N–H and O–H groups in total. The second-order valence-electron chi connectivity index (χ2n) is 9.03. The third-order valence-electron chi connectivity index (χ3n) is 6.72. The molecule has 4 aromatic carbocycles. The monoisotopic (exact) mass is 510 g/mol. The van der Waals surface area contributed by atoms with Crippen LogP contribution in [0, 0.1) is 0 Å². The van der Waals surface area contributed by atoms with Gasteiger partial charge in [0.1, 0.15) is 40.6 Å². The minimum absolute atomic E-state index is 0.121. The summed E-state index contributed by atoms with van der Waals surface area (Å²) in [5.74, 6) is 3.79. The summed E-state index contributed by atoms with van der Waals surface area (Å²) in [5, 5.41) is 9.85. The molecule has 0 saturated heterocycles. The molecule has 38 heavy (non-hydrogen) atoms. The molecule has 0 aromatic heterocycles. The SMILES string of the molecule is COc1cc(/C=C/c2ccc3c(c2)[C@H](c2cc(OC)cc(OC)c2)C(c2ccc(O)cc2)O3)cc(OC)c1. The standard InChI is InChI=1S/C32H30O6/c1-34-25-13-21(14-26(18-25)35-2)6-5-20-7-12-30-29(15-20)31(23-16-27(36-3)19-28(17-23)37-4)32(38-30)22-8-10-24(33)11-9-22/h5-19,31-33H,1-4H3/b6-5+/t31-,32?/m0/s1. The van der Waals surface area contributed by atoms with Crippen LogP contribution in [-0.4, -0.2) is 33.5 Å². The van der Waals surface area contributed by atoms with Crippen LogP contribution in [0.5, 0.6) is 34.5 Å². The van der Waals surface area contributed by atoms with Crippen molar-refractivity contribution in [3.63, 3.8) is 0 Å². The van der Waals surface area contributed by atoms with Crippen molar-refractivity contribution in [2.75, 3.05) is 28.4 Å². The first-order valence-corrected chi connectivity index (χ1v) is 12.2. The van der Waals surface area contributed by atoms with Gasteiger partial charge in [0.25, 0.3) is 0 Å². The largest absolute Gasteiger partial charge is 0.508 e. The third-order valence-corrected chi connectivity index (χ3v) is 6.72. The fraction of sp³-hybridized carbons (Fsp3) is 0.188. The lowest BCUT2D eigenvalue weighted by molar-refractivity contribution is 0.222. The molecule has 1 heterocycles. The molecule has 0 aliphatic carbocycles. The van der Waals surface area contributed by atoms with Crippen LogP contribution in [0.3, 0.4) is 0 Å². The first kappa shape index (κ1) is 25.1. The number of hydrogen-bond donors (Lipinski definition) is 1. The zero-order valence-corrected chi connectivity index (χ0v) is 21.8. The van der Waals surface area contributed by atoms with Gasteiger partial charge in [-0.1, -0.05) is 30.4 Å². The Morgan fingerprint density at radius 1 is 0.605 bits per heavy atom. The Morgan fingerprint density at radius 2 is 1.16 bits per heavy atom. The molecule has 6 heteroatoms. The summed E-state index contributed by atoms with van der Waals surface area (Å²) in [6.07, 6.45) is 3.80. The predicted molar refractivity (Wildman–Crippen MR) is 148 cm³/mol. The van der Waals surface area contributed by atoms with Crippen molar-refractivity contribution >= 4 is 12.2 Å². The summed E-state index contributed by atoms with van der Waals surface area (Å²) in [7, 11) is 6.57. The second-order valence-corrected chi connectivity index (χ2v) is 9.03. The van der Waals surface area contributed by atoms with Crippen LogP contribution in [0.4, 0.5) is 0 Å². The van der Waals surface area contributed by atoms with Crippen molar-refractivity contribution in [2.24, 2.45) is 0 Å². The highest BCUT2D eigenvalue weighted by molar-refractivity contribution is 5.72. The minimum atomic E-state index is -0.288. The van der Waals surface area contributed by atoms with Gasteiger partial charge in [-0.25, -0.2) is 0 Å². The number of methoxy groups -OCH3 is 4. The summed E-state index contributed by atoms with van der Waals surface area (Å²) < 4.78 is 28.4. The molecule has 2 atom stereocenters. The maximum Gasteiger partial charge on any atom is 0.135 e. The summed E-state index contributed by atoms with van der Waals surface area (Å²) in [5.41, 5.74) is 5.03. The van der Waals surface area contributed by atoms with Crippen molar-refractivity contribution in [1.29, 1.82) is 0 Å². The van der Waals surface area contributed by atoms with E-state index in [-0.39, 0.29) is 17.8 Å². The van der Waals surface area contributed by atoms with Crippen LogP contribution in [-0.2, 0) is 0 Å². The number of fused-ring (bicyclic) bond motifs is 1. The zero-order valence-electron chi connectivity index (χ0n) is 21.8. The Labute approximate surface area is 222 Å². The smallest absolute Gasteiger partial charge is 0.135 e.